The van der Waals surface area contributed by atoms with Crippen LogP contribution in [0.1, 0.15) is 47.7 Å². The van der Waals surface area contributed by atoms with Gasteiger partial charge >= 0.3 is 5.69 Å². The van der Waals surface area contributed by atoms with E-state index in [2.05, 4.69) is 10.4 Å². The van der Waals surface area contributed by atoms with Crippen molar-refractivity contribution in [3.63, 3.8) is 0 Å². The van der Waals surface area contributed by atoms with Gasteiger partial charge in [-0.2, -0.15) is 10.2 Å². The second kappa shape index (κ2) is 8.22. The van der Waals surface area contributed by atoms with Gasteiger partial charge in [0.1, 0.15) is 11.6 Å². The lowest BCUT2D eigenvalue weighted by Crippen LogP contribution is -2.43. The molecule has 0 amide bonds. The van der Waals surface area contributed by atoms with Crippen molar-refractivity contribution >= 4 is 10.9 Å². The maximum atomic E-state index is 15.5. The van der Waals surface area contributed by atoms with Crippen LogP contribution < -0.4 is 11.0 Å². The number of halogens is 2. The Morgan fingerprint density at radius 1 is 1.03 bits per heavy atom. The summed E-state index contributed by atoms with van der Waals surface area (Å²) in [6.45, 7) is 3.45. The number of rotatable bonds is 3. The van der Waals surface area contributed by atoms with E-state index >= 15 is 4.39 Å². The van der Waals surface area contributed by atoms with Crippen molar-refractivity contribution in [1.82, 2.24) is 34.0 Å². The van der Waals surface area contributed by atoms with Gasteiger partial charge in [-0.15, -0.1) is 0 Å². The number of piperidine rings is 1. The van der Waals surface area contributed by atoms with Crippen LogP contribution >= 0.6 is 0 Å². The van der Waals surface area contributed by atoms with Gasteiger partial charge in [0.15, 0.2) is 5.82 Å². The molecule has 10 heteroatoms. The summed E-state index contributed by atoms with van der Waals surface area (Å²) < 4.78 is 36.2. The average molecular weight is 516 g/mol. The molecule has 7 rings (SSSR count). The van der Waals surface area contributed by atoms with Gasteiger partial charge < -0.3 is 5.32 Å². The third-order valence-corrected chi connectivity index (χ3v) is 8.02. The molecular weight excluding hydrogens is 488 g/mol. The Bertz CT molecular complexity index is 1780. The van der Waals surface area contributed by atoms with Crippen molar-refractivity contribution in [2.75, 3.05) is 0 Å². The maximum absolute atomic E-state index is 15.5. The van der Waals surface area contributed by atoms with E-state index in [1.807, 2.05) is 0 Å². The zero-order valence-corrected chi connectivity index (χ0v) is 21.4. The molecule has 0 saturated carbocycles. The second-order valence-corrected chi connectivity index (χ2v) is 10.5. The molecule has 1 saturated heterocycles. The van der Waals surface area contributed by atoms with Crippen LogP contribution in [0.5, 0.6) is 0 Å². The number of aryl methyl sites for hydroxylation is 3. The van der Waals surface area contributed by atoms with Gasteiger partial charge in [0.2, 0.25) is 0 Å². The van der Waals surface area contributed by atoms with Crippen LogP contribution in [0.3, 0.4) is 0 Å². The minimum atomic E-state index is -0.507. The summed E-state index contributed by atoms with van der Waals surface area (Å²) in [7, 11) is 1.75. The summed E-state index contributed by atoms with van der Waals surface area (Å²) in [5.74, 6) is -0.156. The molecule has 2 aliphatic heterocycles. The Balaban J connectivity index is 1.46. The molecule has 5 heterocycles. The Morgan fingerprint density at radius 2 is 1.79 bits per heavy atom. The molecule has 8 nitrogen and oxygen atoms in total. The molecule has 0 spiro atoms. The van der Waals surface area contributed by atoms with Crippen LogP contribution in [0.15, 0.2) is 47.7 Å². The van der Waals surface area contributed by atoms with Gasteiger partial charge in [-0.1, -0.05) is 0 Å². The summed E-state index contributed by atoms with van der Waals surface area (Å²) in [4.78, 5) is 13.9. The fourth-order valence-corrected chi connectivity index (χ4v) is 6.16. The van der Waals surface area contributed by atoms with Gasteiger partial charge in [0.25, 0.3) is 0 Å². The predicted molar refractivity (Wildman–Crippen MR) is 139 cm³/mol. The Kier molecular flexibility index (Phi) is 5.00. The van der Waals surface area contributed by atoms with E-state index in [1.165, 1.54) is 15.3 Å². The number of hydrogen-bond donors (Lipinski definition) is 1. The smallest absolute Gasteiger partial charge is 0.307 e. The highest BCUT2D eigenvalue weighted by atomic mass is 19.1. The molecule has 1 fully saturated rings. The Hall–Kier alpha value is -4.05. The molecule has 0 radical (unpaired) electrons. The van der Waals surface area contributed by atoms with E-state index < -0.39 is 11.5 Å². The molecule has 0 aliphatic carbocycles. The molecular formula is C28H27F2N7O. The van der Waals surface area contributed by atoms with Crippen LogP contribution in [0.4, 0.5) is 8.78 Å². The van der Waals surface area contributed by atoms with Gasteiger partial charge in [-0.3, -0.25) is 13.8 Å². The molecule has 1 N–H and O–H groups in total. The first-order chi connectivity index (χ1) is 18.3. The zero-order valence-electron chi connectivity index (χ0n) is 21.4. The molecule has 2 atom stereocenters. The lowest BCUT2D eigenvalue weighted by Gasteiger charge is -2.35. The van der Waals surface area contributed by atoms with Crippen molar-refractivity contribution in [2.24, 2.45) is 7.05 Å². The third-order valence-electron chi connectivity index (χ3n) is 8.02. The van der Waals surface area contributed by atoms with E-state index in [0.29, 0.717) is 39.6 Å². The number of benzene rings is 2. The minimum Gasteiger partial charge on any atom is -0.307 e. The number of nitrogens with one attached hydrogen (secondary N) is 1. The molecule has 0 unspecified atom stereocenters. The van der Waals surface area contributed by atoms with Gasteiger partial charge in [-0.25, -0.2) is 18.3 Å². The van der Waals surface area contributed by atoms with E-state index in [4.69, 9.17) is 5.10 Å². The lowest BCUT2D eigenvalue weighted by molar-refractivity contribution is 0.300. The molecule has 3 aromatic heterocycles. The molecule has 194 valence electrons. The van der Waals surface area contributed by atoms with Crippen LogP contribution in [0, 0.1) is 25.5 Å². The molecule has 2 aliphatic rings. The van der Waals surface area contributed by atoms with Crippen molar-refractivity contribution < 1.29 is 8.78 Å². The van der Waals surface area contributed by atoms with E-state index in [-0.39, 0.29) is 17.5 Å². The number of aromatic nitrogens is 6. The summed E-state index contributed by atoms with van der Waals surface area (Å²) in [5.41, 5.74) is 4.00. The van der Waals surface area contributed by atoms with Gasteiger partial charge in [0, 0.05) is 43.5 Å². The average Bonchev–Trinajstić information content (AvgIpc) is 3.58. The standard InChI is InChI=1S/C28H27F2N7O/c1-15-11-18(12-16(2)25(15)29)37-27(24-20-6-4-5-17(32-20)13-21(24)33-37)36-10-9-35(28(36)38)23-8-7-22-19(26(23)30)14-31-34(22)3/h7-12,14,17,20,32H,4-6,13H2,1-3H3/t17-,20+/m0/s1. The van der Waals surface area contributed by atoms with Crippen LogP contribution in [-0.2, 0) is 13.5 Å². The monoisotopic (exact) mass is 515 g/mol. The fourth-order valence-electron chi connectivity index (χ4n) is 6.16. The van der Waals surface area contributed by atoms with Crippen molar-refractivity contribution in [1.29, 1.82) is 0 Å². The number of nitrogens with zero attached hydrogens (tertiary/aromatic N) is 6. The van der Waals surface area contributed by atoms with Crippen molar-refractivity contribution in [2.45, 2.75) is 51.6 Å². The SMILES string of the molecule is Cc1cc(-n2nc3c(c2-n2ccn(-c4ccc5c(cnn5C)c4F)c2=O)[C@H]2CCC[C@@H](C3)N2)cc(C)c1F. The number of imidazole rings is 1. The highest BCUT2D eigenvalue weighted by molar-refractivity contribution is 5.81. The fraction of sp³-hybridized carbons (Fsp3) is 0.321. The third kappa shape index (κ3) is 3.26. The Morgan fingerprint density at radius 3 is 2.58 bits per heavy atom. The van der Waals surface area contributed by atoms with Crippen molar-refractivity contribution in [3.8, 4) is 17.2 Å². The van der Waals surface area contributed by atoms with E-state index in [0.717, 1.165) is 36.9 Å². The summed E-state index contributed by atoms with van der Waals surface area (Å²) >= 11 is 0. The summed E-state index contributed by atoms with van der Waals surface area (Å²) in [5, 5.41) is 13.2. The van der Waals surface area contributed by atoms with Gasteiger partial charge in [-0.05, 0) is 68.5 Å². The van der Waals surface area contributed by atoms with Crippen LogP contribution in [0.25, 0.3) is 28.1 Å². The second-order valence-electron chi connectivity index (χ2n) is 10.5. The first-order valence-corrected chi connectivity index (χ1v) is 12.9. The van der Waals surface area contributed by atoms with E-state index in [1.54, 1.807) is 66.9 Å². The quantitative estimate of drug-likeness (QED) is 0.388. The van der Waals surface area contributed by atoms with E-state index in [9.17, 15) is 9.18 Å². The largest absolute Gasteiger partial charge is 0.338 e. The van der Waals surface area contributed by atoms with Crippen LogP contribution in [-0.4, -0.2) is 34.7 Å². The molecule has 2 bridgehead atoms. The number of fused-ring (bicyclic) bond motifs is 5. The van der Waals surface area contributed by atoms with Crippen LogP contribution in [0.2, 0.25) is 0 Å². The first-order valence-electron chi connectivity index (χ1n) is 12.9. The van der Waals surface area contributed by atoms with Gasteiger partial charge in [0.05, 0.1) is 34.2 Å². The number of hydrogen-bond acceptors (Lipinski definition) is 4. The highest BCUT2D eigenvalue weighted by Gasteiger charge is 2.36. The summed E-state index contributed by atoms with van der Waals surface area (Å²) in [6, 6.07) is 7.26. The predicted octanol–water partition coefficient (Wildman–Crippen LogP) is 4.33. The zero-order chi connectivity index (χ0) is 26.3. The van der Waals surface area contributed by atoms with Crippen molar-refractivity contribution in [3.05, 3.63) is 87.4 Å². The normalized spacial score (nSPS) is 18.8. The summed E-state index contributed by atoms with van der Waals surface area (Å²) in [6.07, 6.45) is 8.56. The topological polar surface area (TPSA) is 74.6 Å². The maximum Gasteiger partial charge on any atom is 0.338 e. The highest BCUT2D eigenvalue weighted by Crippen LogP contribution is 2.38. The Labute approximate surface area is 217 Å². The minimum absolute atomic E-state index is 0.0580. The molecule has 5 aromatic rings. The first kappa shape index (κ1) is 23.1. The lowest BCUT2D eigenvalue weighted by atomic mass is 9.85. The molecule has 38 heavy (non-hydrogen) atoms. The molecule has 2 aromatic carbocycles.